The van der Waals surface area contributed by atoms with E-state index < -0.39 is 11.7 Å². The number of aromatic nitrogens is 1. The summed E-state index contributed by atoms with van der Waals surface area (Å²) < 4.78 is 38.7. The fourth-order valence-corrected chi connectivity index (χ4v) is 3.28. The van der Waals surface area contributed by atoms with Crippen molar-refractivity contribution in [2.45, 2.75) is 6.18 Å². The Labute approximate surface area is 118 Å². The molecule has 0 radical (unpaired) electrons. The first-order valence-corrected chi connectivity index (χ1v) is 7.16. The topological polar surface area (TPSA) is 19.4 Å². The number of benzene rings is 1. The first-order chi connectivity index (χ1) is 9.43. The van der Waals surface area contributed by atoms with E-state index in [2.05, 4.69) is 21.8 Å². The Morgan fingerprint density at radius 1 is 1.15 bits per heavy atom. The number of hydrogen-bond acceptors (Lipinski definition) is 4. The summed E-state index contributed by atoms with van der Waals surface area (Å²) in [5.74, 6) is 0. The minimum absolute atomic E-state index is 0.591. The Kier molecular flexibility index (Phi) is 3.33. The molecule has 0 atom stereocenters. The highest BCUT2D eigenvalue weighted by molar-refractivity contribution is 7.22. The van der Waals surface area contributed by atoms with Crippen molar-refractivity contribution in [2.75, 3.05) is 38.1 Å². The van der Waals surface area contributed by atoms with E-state index in [0.29, 0.717) is 10.2 Å². The zero-order valence-corrected chi connectivity index (χ0v) is 11.8. The molecule has 3 nitrogen and oxygen atoms in total. The van der Waals surface area contributed by atoms with E-state index in [0.717, 1.165) is 37.4 Å². The molecule has 1 saturated heterocycles. The van der Waals surface area contributed by atoms with E-state index >= 15 is 0 Å². The number of anilines is 1. The number of thiazole rings is 1. The molecule has 0 aliphatic carbocycles. The van der Waals surface area contributed by atoms with E-state index in [4.69, 9.17) is 0 Å². The molecule has 20 heavy (non-hydrogen) atoms. The molecule has 108 valence electrons. The molecule has 0 spiro atoms. The maximum atomic E-state index is 12.7. The van der Waals surface area contributed by atoms with Crippen LogP contribution in [-0.2, 0) is 6.18 Å². The SMILES string of the molecule is CN1CCN(c2nc3ccc(C(F)(F)F)cc3s2)CC1. The number of halogens is 3. The molecule has 0 amide bonds. The lowest BCUT2D eigenvalue weighted by Crippen LogP contribution is -2.44. The van der Waals surface area contributed by atoms with Crippen LogP contribution in [0.3, 0.4) is 0 Å². The predicted octanol–water partition coefficient (Wildman–Crippen LogP) is 3.07. The second-order valence-corrected chi connectivity index (χ2v) is 5.98. The first-order valence-electron chi connectivity index (χ1n) is 6.35. The van der Waals surface area contributed by atoms with Gasteiger partial charge >= 0.3 is 6.18 Å². The Morgan fingerprint density at radius 2 is 1.85 bits per heavy atom. The van der Waals surface area contributed by atoms with Crippen LogP contribution in [0.4, 0.5) is 18.3 Å². The maximum absolute atomic E-state index is 12.7. The van der Waals surface area contributed by atoms with Gasteiger partial charge in [-0.1, -0.05) is 11.3 Å². The van der Waals surface area contributed by atoms with Gasteiger partial charge < -0.3 is 9.80 Å². The van der Waals surface area contributed by atoms with Crippen LogP contribution in [0.2, 0.25) is 0 Å². The second kappa shape index (κ2) is 4.89. The number of hydrogen-bond donors (Lipinski definition) is 0. The van der Waals surface area contributed by atoms with Crippen LogP contribution in [0.5, 0.6) is 0 Å². The number of likely N-dealkylation sites (N-methyl/N-ethyl adjacent to an activating group) is 1. The Hall–Kier alpha value is -1.34. The van der Waals surface area contributed by atoms with Crippen LogP contribution in [-0.4, -0.2) is 43.1 Å². The molecular weight excluding hydrogens is 287 g/mol. The van der Waals surface area contributed by atoms with E-state index in [9.17, 15) is 13.2 Å². The minimum Gasteiger partial charge on any atom is -0.345 e. The van der Waals surface area contributed by atoms with Crippen LogP contribution >= 0.6 is 11.3 Å². The van der Waals surface area contributed by atoms with Crippen molar-refractivity contribution < 1.29 is 13.2 Å². The smallest absolute Gasteiger partial charge is 0.345 e. The molecule has 0 unspecified atom stereocenters. The van der Waals surface area contributed by atoms with Gasteiger partial charge in [0.1, 0.15) is 0 Å². The van der Waals surface area contributed by atoms with Gasteiger partial charge in [-0.25, -0.2) is 4.98 Å². The molecule has 7 heteroatoms. The fraction of sp³-hybridized carbons (Fsp3) is 0.462. The van der Waals surface area contributed by atoms with Gasteiger partial charge in [-0.15, -0.1) is 0 Å². The zero-order chi connectivity index (χ0) is 14.3. The molecular formula is C13H14F3N3S. The van der Waals surface area contributed by atoms with Crippen molar-refractivity contribution in [3.05, 3.63) is 23.8 Å². The summed E-state index contributed by atoms with van der Waals surface area (Å²) in [5.41, 5.74) is 0.0236. The Bertz CT molecular complexity index is 615. The van der Waals surface area contributed by atoms with Crippen LogP contribution in [0.1, 0.15) is 5.56 Å². The molecule has 0 saturated carbocycles. The van der Waals surface area contributed by atoms with Gasteiger partial charge in [0.2, 0.25) is 0 Å². The maximum Gasteiger partial charge on any atom is 0.416 e. The largest absolute Gasteiger partial charge is 0.416 e. The van der Waals surface area contributed by atoms with Crippen molar-refractivity contribution in [2.24, 2.45) is 0 Å². The highest BCUT2D eigenvalue weighted by Gasteiger charge is 2.31. The van der Waals surface area contributed by atoms with Gasteiger partial charge in [0, 0.05) is 26.2 Å². The molecule has 1 aliphatic heterocycles. The van der Waals surface area contributed by atoms with E-state index in [-0.39, 0.29) is 0 Å². The van der Waals surface area contributed by atoms with E-state index in [1.54, 1.807) is 0 Å². The van der Waals surface area contributed by atoms with E-state index in [1.165, 1.54) is 23.5 Å². The monoisotopic (exact) mass is 301 g/mol. The molecule has 2 heterocycles. The number of piperazine rings is 1. The highest BCUT2D eigenvalue weighted by atomic mass is 32.1. The first kappa shape index (κ1) is 13.6. The Balaban J connectivity index is 1.91. The summed E-state index contributed by atoms with van der Waals surface area (Å²) in [7, 11) is 2.06. The van der Waals surface area contributed by atoms with Crippen molar-refractivity contribution in [1.29, 1.82) is 0 Å². The molecule has 0 N–H and O–H groups in total. The van der Waals surface area contributed by atoms with Gasteiger partial charge in [0.25, 0.3) is 0 Å². The summed E-state index contributed by atoms with van der Waals surface area (Å²) in [5, 5.41) is 0.812. The zero-order valence-electron chi connectivity index (χ0n) is 10.9. The minimum atomic E-state index is -4.30. The van der Waals surface area contributed by atoms with Gasteiger partial charge in [-0.2, -0.15) is 13.2 Å². The average molecular weight is 301 g/mol. The molecule has 1 aromatic carbocycles. The van der Waals surface area contributed by atoms with Crippen molar-refractivity contribution in [3.8, 4) is 0 Å². The fourth-order valence-electron chi connectivity index (χ4n) is 2.22. The van der Waals surface area contributed by atoms with Crippen LogP contribution in [0, 0.1) is 0 Å². The quantitative estimate of drug-likeness (QED) is 0.807. The number of rotatable bonds is 1. The highest BCUT2D eigenvalue weighted by Crippen LogP contribution is 2.35. The summed E-state index contributed by atoms with van der Waals surface area (Å²) in [6.07, 6.45) is -4.30. The average Bonchev–Trinajstić information content (AvgIpc) is 2.81. The number of fused-ring (bicyclic) bond motifs is 1. The third-order valence-corrected chi connectivity index (χ3v) is 4.56. The number of nitrogens with zero attached hydrogens (tertiary/aromatic N) is 3. The van der Waals surface area contributed by atoms with Crippen molar-refractivity contribution in [3.63, 3.8) is 0 Å². The van der Waals surface area contributed by atoms with Crippen LogP contribution in [0.15, 0.2) is 18.2 Å². The molecule has 3 rings (SSSR count). The van der Waals surface area contributed by atoms with Crippen molar-refractivity contribution in [1.82, 2.24) is 9.88 Å². The predicted molar refractivity (Wildman–Crippen MR) is 74.3 cm³/mol. The summed E-state index contributed by atoms with van der Waals surface area (Å²) in [6.45, 7) is 3.62. The van der Waals surface area contributed by atoms with Crippen LogP contribution in [0.25, 0.3) is 10.2 Å². The summed E-state index contributed by atoms with van der Waals surface area (Å²) >= 11 is 1.33. The molecule has 1 aromatic heterocycles. The lowest BCUT2D eigenvalue weighted by atomic mass is 10.2. The molecule has 1 aliphatic rings. The van der Waals surface area contributed by atoms with Gasteiger partial charge in [-0.05, 0) is 25.2 Å². The lowest BCUT2D eigenvalue weighted by Gasteiger charge is -2.32. The molecule has 2 aromatic rings. The second-order valence-electron chi connectivity index (χ2n) is 4.97. The molecule has 1 fully saturated rings. The van der Waals surface area contributed by atoms with Gasteiger partial charge in [0.05, 0.1) is 15.8 Å². The number of alkyl halides is 3. The normalized spacial score (nSPS) is 17.9. The standard InChI is InChI=1S/C13H14F3N3S/c1-18-4-6-19(7-5-18)12-17-10-3-2-9(13(14,15)16)8-11(10)20-12/h2-3,8H,4-7H2,1H3. The van der Waals surface area contributed by atoms with E-state index in [1.807, 2.05) is 0 Å². The third-order valence-electron chi connectivity index (χ3n) is 3.48. The summed E-state index contributed by atoms with van der Waals surface area (Å²) in [4.78, 5) is 8.81. The third kappa shape index (κ3) is 2.60. The van der Waals surface area contributed by atoms with Crippen molar-refractivity contribution >= 4 is 26.7 Å². The van der Waals surface area contributed by atoms with Gasteiger partial charge in [-0.3, -0.25) is 0 Å². The van der Waals surface area contributed by atoms with Gasteiger partial charge in [0.15, 0.2) is 5.13 Å². The molecule has 0 bridgehead atoms. The summed E-state index contributed by atoms with van der Waals surface area (Å²) in [6, 6.07) is 3.73. The lowest BCUT2D eigenvalue weighted by molar-refractivity contribution is -0.137. The Morgan fingerprint density at radius 3 is 2.50 bits per heavy atom. The van der Waals surface area contributed by atoms with Crippen LogP contribution < -0.4 is 4.90 Å².